The lowest BCUT2D eigenvalue weighted by molar-refractivity contribution is -0.142. The van der Waals surface area contributed by atoms with Crippen LogP contribution in [0.15, 0.2) is 24.3 Å². The maximum absolute atomic E-state index is 12.6. The van der Waals surface area contributed by atoms with Crippen LogP contribution in [0.3, 0.4) is 0 Å². The third kappa shape index (κ3) is 1.80. The molecule has 0 heterocycles. The number of hydrogen-bond acceptors (Lipinski definition) is 2. The highest BCUT2D eigenvalue weighted by Gasteiger charge is 2.64. The van der Waals surface area contributed by atoms with Crippen LogP contribution in [-0.2, 0) is 9.59 Å². The highest BCUT2D eigenvalue weighted by molar-refractivity contribution is 6.31. The molecule has 3 rings (SSSR count). The van der Waals surface area contributed by atoms with Crippen molar-refractivity contribution in [2.45, 2.75) is 33.1 Å². The topological polar surface area (TPSA) is 46.2 Å². The van der Waals surface area contributed by atoms with Gasteiger partial charge in [0.2, 0.25) is 5.91 Å². The first-order chi connectivity index (χ1) is 9.36. The van der Waals surface area contributed by atoms with Gasteiger partial charge in [0.1, 0.15) is 5.41 Å². The zero-order valence-electron chi connectivity index (χ0n) is 11.7. The molecule has 1 aromatic carbocycles. The molecule has 0 saturated heterocycles. The normalized spacial score (nSPS) is 30.6. The number of Topliss-reactive ketones (excluding diaryl/α,β-unsaturated/α-hetero) is 1. The Bertz CT molecular complexity index is 596. The summed E-state index contributed by atoms with van der Waals surface area (Å²) in [6.45, 7) is 3.93. The molecule has 0 aliphatic heterocycles. The predicted octanol–water partition coefficient (Wildman–Crippen LogP) is 3.67. The summed E-state index contributed by atoms with van der Waals surface area (Å²) >= 11 is 5.92. The largest absolute Gasteiger partial charge is 0.325 e. The van der Waals surface area contributed by atoms with E-state index >= 15 is 0 Å². The van der Waals surface area contributed by atoms with Crippen molar-refractivity contribution in [2.24, 2.45) is 16.7 Å². The van der Waals surface area contributed by atoms with Crippen LogP contribution in [0.1, 0.15) is 33.1 Å². The fraction of sp³-hybridized carbons (Fsp3) is 0.500. The number of benzene rings is 1. The van der Waals surface area contributed by atoms with Crippen LogP contribution in [0, 0.1) is 16.7 Å². The summed E-state index contributed by atoms with van der Waals surface area (Å²) in [5, 5.41) is 3.44. The van der Waals surface area contributed by atoms with Crippen LogP contribution in [0.2, 0.25) is 5.02 Å². The van der Waals surface area contributed by atoms with Crippen molar-refractivity contribution in [3.63, 3.8) is 0 Å². The minimum atomic E-state index is -0.823. The molecule has 2 saturated carbocycles. The van der Waals surface area contributed by atoms with Crippen molar-refractivity contribution in [2.75, 3.05) is 5.32 Å². The first-order valence-corrected chi connectivity index (χ1v) is 7.36. The van der Waals surface area contributed by atoms with Gasteiger partial charge in [-0.15, -0.1) is 0 Å². The molecule has 1 N–H and O–H groups in total. The molecule has 106 valence electrons. The van der Waals surface area contributed by atoms with Crippen LogP contribution in [0.4, 0.5) is 5.69 Å². The van der Waals surface area contributed by atoms with E-state index in [2.05, 4.69) is 5.32 Å². The maximum atomic E-state index is 12.6. The zero-order chi connectivity index (χ0) is 14.5. The molecular formula is C16H18ClNO2. The van der Waals surface area contributed by atoms with Crippen molar-refractivity contribution in [1.82, 2.24) is 0 Å². The summed E-state index contributed by atoms with van der Waals surface area (Å²) in [5.74, 6) is 0.263. The van der Waals surface area contributed by atoms with Gasteiger partial charge in [0.05, 0.1) is 0 Å². The van der Waals surface area contributed by atoms with Gasteiger partial charge in [-0.25, -0.2) is 0 Å². The van der Waals surface area contributed by atoms with Gasteiger partial charge < -0.3 is 5.32 Å². The van der Waals surface area contributed by atoms with Crippen LogP contribution in [-0.4, -0.2) is 11.7 Å². The third-order valence-electron chi connectivity index (χ3n) is 5.07. The Labute approximate surface area is 123 Å². The highest BCUT2D eigenvalue weighted by Crippen LogP contribution is 2.60. The molecule has 20 heavy (non-hydrogen) atoms. The number of fused-ring (bicyclic) bond motifs is 2. The summed E-state index contributed by atoms with van der Waals surface area (Å²) in [6, 6.07) is 7.03. The number of nitrogens with one attached hydrogen (secondary N) is 1. The molecular weight excluding hydrogens is 274 g/mol. The number of rotatable bonds is 2. The maximum Gasteiger partial charge on any atom is 0.238 e. The van der Waals surface area contributed by atoms with Gasteiger partial charge in [0, 0.05) is 16.1 Å². The molecule has 0 aromatic heterocycles. The monoisotopic (exact) mass is 291 g/mol. The molecule has 0 radical (unpaired) electrons. The lowest BCUT2D eigenvalue weighted by Gasteiger charge is -2.32. The van der Waals surface area contributed by atoms with Crippen molar-refractivity contribution in [3.05, 3.63) is 29.3 Å². The molecule has 0 unspecified atom stereocenters. The Kier molecular flexibility index (Phi) is 2.94. The van der Waals surface area contributed by atoms with E-state index < -0.39 is 5.41 Å². The van der Waals surface area contributed by atoms with Gasteiger partial charge in [0.25, 0.3) is 0 Å². The molecule has 2 atom stereocenters. The molecule has 2 bridgehead atoms. The Morgan fingerprint density at radius 1 is 1.40 bits per heavy atom. The minimum Gasteiger partial charge on any atom is -0.325 e. The fourth-order valence-electron chi connectivity index (χ4n) is 3.80. The summed E-state index contributed by atoms with van der Waals surface area (Å²) in [7, 11) is 0. The average Bonchev–Trinajstić information content (AvgIpc) is 2.90. The van der Waals surface area contributed by atoms with E-state index in [4.69, 9.17) is 11.6 Å². The van der Waals surface area contributed by atoms with Crippen molar-refractivity contribution < 1.29 is 9.59 Å². The number of hydrogen-bond donors (Lipinski definition) is 1. The SMILES string of the molecule is CC1(C)C(=O)[C@@]2(C(=O)Nc3cccc(Cl)c3)CC[C@H]1C2. The van der Waals surface area contributed by atoms with Crippen LogP contribution in [0.25, 0.3) is 0 Å². The highest BCUT2D eigenvalue weighted by atomic mass is 35.5. The van der Waals surface area contributed by atoms with Gasteiger partial charge in [-0.1, -0.05) is 31.5 Å². The molecule has 2 aliphatic carbocycles. The fourth-order valence-corrected chi connectivity index (χ4v) is 3.99. The summed E-state index contributed by atoms with van der Waals surface area (Å²) in [5.41, 5.74) is -0.543. The predicted molar refractivity (Wildman–Crippen MR) is 78.6 cm³/mol. The number of ketones is 1. The lowest BCUT2D eigenvalue weighted by atomic mass is 9.70. The second kappa shape index (κ2) is 4.32. The Morgan fingerprint density at radius 3 is 2.75 bits per heavy atom. The van der Waals surface area contributed by atoms with E-state index in [9.17, 15) is 9.59 Å². The Hall–Kier alpha value is -1.35. The standard InChI is InChI=1S/C16H18ClNO2/c1-15(2)10-6-7-16(9-10,13(15)19)14(20)18-12-5-3-4-11(17)8-12/h3-5,8,10H,6-7,9H2,1-2H3,(H,18,20)/t10-,16+/m0/s1. The quantitative estimate of drug-likeness (QED) is 0.845. The average molecular weight is 292 g/mol. The molecule has 1 amide bonds. The van der Waals surface area contributed by atoms with Gasteiger partial charge in [0.15, 0.2) is 5.78 Å². The minimum absolute atomic E-state index is 0.0979. The molecule has 1 aromatic rings. The van der Waals surface area contributed by atoms with Crippen molar-refractivity contribution in [1.29, 1.82) is 0 Å². The molecule has 2 aliphatic rings. The van der Waals surface area contributed by atoms with E-state index in [1.54, 1.807) is 24.3 Å². The number of amides is 1. The molecule has 4 heteroatoms. The Morgan fingerprint density at radius 2 is 2.15 bits per heavy atom. The lowest BCUT2D eigenvalue weighted by Crippen LogP contribution is -2.44. The van der Waals surface area contributed by atoms with Crippen molar-refractivity contribution >= 4 is 29.0 Å². The number of halogens is 1. The molecule has 2 fully saturated rings. The Balaban J connectivity index is 1.86. The molecule has 0 spiro atoms. The second-order valence-corrected chi connectivity index (χ2v) is 6.97. The van der Waals surface area contributed by atoms with E-state index in [1.165, 1.54) is 0 Å². The van der Waals surface area contributed by atoms with Crippen LogP contribution < -0.4 is 5.32 Å². The van der Waals surface area contributed by atoms with Crippen LogP contribution in [0.5, 0.6) is 0 Å². The van der Waals surface area contributed by atoms with E-state index in [0.717, 1.165) is 6.42 Å². The summed E-state index contributed by atoms with van der Waals surface area (Å²) in [6.07, 6.45) is 2.32. The second-order valence-electron chi connectivity index (χ2n) is 6.54. The first-order valence-electron chi connectivity index (χ1n) is 6.98. The number of carbonyl (C=O) groups excluding carboxylic acids is 2. The summed E-state index contributed by atoms with van der Waals surface area (Å²) < 4.78 is 0. The third-order valence-corrected chi connectivity index (χ3v) is 5.31. The number of carbonyl (C=O) groups is 2. The van der Waals surface area contributed by atoms with Crippen LogP contribution >= 0.6 is 11.6 Å². The van der Waals surface area contributed by atoms with Gasteiger partial charge >= 0.3 is 0 Å². The van der Waals surface area contributed by atoms with Crippen molar-refractivity contribution in [3.8, 4) is 0 Å². The van der Waals surface area contributed by atoms with E-state index in [0.29, 0.717) is 29.5 Å². The molecule has 3 nitrogen and oxygen atoms in total. The first kappa shape index (κ1) is 13.6. The van der Waals surface area contributed by atoms with Gasteiger partial charge in [-0.3, -0.25) is 9.59 Å². The zero-order valence-corrected chi connectivity index (χ0v) is 12.5. The van der Waals surface area contributed by atoms with Gasteiger partial charge in [-0.05, 0) is 43.4 Å². The smallest absolute Gasteiger partial charge is 0.238 e. The number of anilines is 1. The van der Waals surface area contributed by atoms with E-state index in [1.807, 2.05) is 13.8 Å². The summed E-state index contributed by atoms with van der Waals surface area (Å²) in [4.78, 5) is 25.3. The van der Waals surface area contributed by atoms with E-state index in [-0.39, 0.29) is 17.1 Å². The van der Waals surface area contributed by atoms with Gasteiger partial charge in [-0.2, -0.15) is 0 Å².